The van der Waals surface area contributed by atoms with Crippen LogP contribution in [0, 0.1) is 0 Å². The maximum Gasteiger partial charge on any atom is 0.226 e. The van der Waals surface area contributed by atoms with Crippen LogP contribution in [-0.4, -0.2) is 24.1 Å². The third-order valence-electron chi connectivity index (χ3n) is 3.33. The van der Waals surface area contributed by atoms with Gasteiger partial charge in [0.2, 0.25) is 5.91 Å². The van der Waals surface area contributed by atoms with Crippen molar-refractivity contribution in [2.75, 3.05) is 23.3 Å². The van der Waals surface area contributed by atoms with E-state index in [1.165, 1.54) is 12.8 Å². The van der Waals surface area contributed by atoms with E-state index in [4.69, 9.17) is 12.2 Å². The Morgan fingerprint density at radius 3 is 2.70 bits per heavy atom. The first-order chi connectivity index (χ1) is 9.70. The van der Waals surface area contributed by atoms with Gasteiger partial charge in [0.1, 0.15) is 0 Å². The average Bonchev–Trinajstić information content (AvgIpc) is 2.93. The Kier molecular flexibility index (Phi) is 5.35. The number of thiocarbonyl (C=S) groups is 1. The highest BCUT2D eigenvalue weighted by Gasteiger charge is 2.16. The molecule has 1 aromatic carbocycles. The molecule has 4 nitrogen and oxygen atoms in total. The molecular formula is C15H21N3OS. The van der Waals surface area contributed by atoms with Gasteiger partial charge in [0, 0.05) is 19.5 Å². The van der Waals surface area contributed by atoms with E-state index < -0.39 is 0 Å². The van der Waals surface area contributed by atoms with Gasteiger partial charge < -0.3 is 15.5 Å². The van der Waals surface area contributed by atoms with E-state index >= 15 is 0 Å². The number of nitrogens with one attached hydrogen (secondary N) is 2. The van der Waals surface area contributed by atoms with Crippen LogP contribution in [0.15, 0.2) is 24.3 Å². The van der Waals surface area contributed by atoms with Crippen molar-refractivity contribution >= 4 is 34.6 Å². The molecule has 1 aromatic rings. The first-order valence-electron chi connectivity index (χ1n) is 7.15. The molecule has 1 amide bonds. The zero-order chi connectivity index (χ0) is 14.4. The predicted octanol–water partition coefficient (Wildman–Crippen LogP) is 2.90. The van der Waals surface area contributed by atoms with Crippen LogP contribution in [0.4, 0.5) is 11.4 Å². The highest BCUT2D eigenvalue weighted by Crippen LogP contribution is 2.28. The molecule has 1 heterocycles. The van der Waals surface area contributed by atoms with Gasteiger partial charge in [0.05, 0.1) is 11.4 Å². The smallest absolute Gasteiger partial charge is 0.226 e. The number of carbonyl (C=O) groups is 1. The third-order valence-corrected chi connectivity index (χ3v) is 3.53. The van der Waals surface area contributed by atoms with Gasteiger partial charge in [0.25, 0.3) is 0 Å². The molecule has 1 aliphatic rings. The Morgan fingerprint density at radius 2 is 2.00 bits per heavy atom. The van der Waals surface area contributed by atoms with Gasteiger partial charge in [-0.05, 0) is 43.6 Å². The molecule has 2 rings (SSSR count). The molecule has 0 atom stereocenters. The molecule has 0 bridgehead atoms. The summed E-state index contributed by atoms with van der Waals surface area (Å²) < 4.78 is 0. The van der Waals surface area contributed by atoms with Crippen LogP contribution in [0.5, 0.6) is 0 Å². The van der Waals surface area contributed by atoms with E-state index in [2.05, 4.69) is 21.6 Å². The number of nitrogens with zero attached hydrogens (tertiary/aromatic N) is 1. The first kappa shape index (κ1) is 14.8. The van der Waals surface area contributed by atoms with Gasteiger partial charge in [-0.2, -0.15) is 0 Å². The molecule has 1 saturated heterocycles. The van der Waals surface area contributed by atoms with Crippen molar-refractivity contribution in [3.8, 4) is 0 Å². The number of rotatable bonds is 4. The molecule has 2 N–H and O–H groups in total. The molecular weight excluding hydrogens is 270 g/mol. The standard InChI is InChI=1S/C15H21N3OS/c1-2-7-14(19)17-15(20)16-12-8-3-4-9-13(12)18-10-5-6-11-18/h3-4,8-9H,2,5-7,10-11H2,1H3,(H2,16,17,19,20). The summed E-state index contributed by atoms with van der Waals surface area (Å²) >= 11 is 5.20. The van der Waals surface area contributed by atoms with E-state index in [0.29, 0.717) is 11.5 Å². The summed E-state index contributed by atoms with van der Waals surface area (Å²) in [5.41, 5.74) is 2.10. The molecule has 0 spiro atoms. The zero-order valence-electron chi connectivity index (χ0n) is 11.8. The fourth-order valence-electron chi connectivity index (χ4n) is 2.38. The molecule has 0 aliphatic carbocycles. The van der Waals surface area contributed by atoms with Crippen LogP contribution in [0.1, 0.15) is 32.6 Å². The summed E-state index contributed by atoms with van der Waals surface area (Å²) in [4.78, 5) is 13.9. The monoisotopic (exact) mass is 291 g/mol. The second kappa shape index (κ2) is 7.24. The second-order valence-corrected chi connectivity index (χ2v) is 5.37. The van der Waals surface area contributed by atoms with Crippen LogP contribution in [0.3, 0.4) is 0 Å². The maximum absolute atomic E-state index is 11.5. The molecule has 5 heteroatoms. The number of para-hydroxylation sites is 2. The molecule has 108 valence electrons. The fraction of sp³-hybridized carbons (Fsp3) is 0.467. The summed E-state index contributed by atoms with van der Waals surface area (Å²) in [7, 11) is 0. The SMILES string of the molecule is CCCC(=O)NC(=S)Nc1ccccc1N1CCCC1. The van der Waals surface area contributed by atoms with Gasteiger partial charge in [-0.3, -0.25) is 4.79 Å². The van der Waals surface area contributed by atoms with Gasteiger partial charge in [0.15, 0.2) is 5.11 Å². The molecule has 0 saturated carbocycles. The van der Waals surface area contributed by atoms with Crippen molar-refractivity contribution in [1.82, 2.24) is 5.32 Å². The first-order valence-corrected chi connectivity index (χ1v) is 7.56. The van der Waals surface area contributed by atoms with E-state index in [0.717, 1.165) is 30.9 Å². The number of hydrogen-bond acceptors (Lipinski definition) is 3. The normalized spacial score (nSPS) is 14.2. The molecule has 0 unspecified atom stereocenters. The molecule has 0 radical (unpaired) electrons. The van der Waals surface area contributed by atoms with Crippen LogP contribution in [0.2, 0.25) is 0 Å². The van der Waals surface area contributed by atoms with Gasteiger partial charge in [-0.25, -0.2) is 0 Å². The summed E-state index contributed by atoms with van der Waals surface area (Å²) in [5.74, 6) is -0.0383. The second-order valence-electron chi connectivity index (χ2n) is 4.96. The van der Waals surface area contributed by atoms with E-state index in [1.54, 1.807) is 0 Å². The lowest BCUT2D eigenvalue weighted by molar-refractivity contribution is -0.119. The molecule has 0 aromatic heterocycles. The number of amides is 1. The largest absolute Gasteiger partial charge is 0.370 e. The fourth-order valence-corrected chi connectivity index (χ4v) is 2.61. The Balaban J connectivity index is 2.01. The Labute approximate surface area is 125 Å². The van der Waals surface area contributed by atoms with Crippen molar-refractivity contribution in [3.63, 3.8) is 0 Å². The van der Waals surface area contributed by atoms with Crippen molar-refractivity contribution in [1.29, 1.82) is 0 Å². The Hall–Kier alpha value is -1.62. The van der Waals surface area contributed by atoms with Crippen LogP contribution in [0.25, 0.3) is 0 Å². The third kappa shape index (κ3) is 3.93. The van der Waals surface area contributed by atoms with Crippen molar-refractivity contribution in [2.24, 2.45) is 0 Å². The lowest BCUT2D eigenvalue weighted by Gasteiger charge is -2.22. The topological polar surface area (TPSA) is 44.4 Å². The zero-order valence-corrected chi connectivity index (χ0v) is 12.6. The molecule has 1 aliphatic heterocycles. The van der Waals surface area contributed by atoms with Crippen molar-refractivity contribution in [2.45, 2.75) is 32.6 Å². The van der Waals surface area contributed by atoms with E-state index in [9.17, 15) is 4.79 Å². The number of anilines is 2. The highest BCUT2D eigenvalue weighted by atomic mass is 32.1. The van der Waals surface area contributed by atoms with E-state index in [1.807, 2.05) is 25.1 Å². The molecule has 1 fully saturated rings. The van der Waals surface area contributed by atoms with Crippen LogP contribution in [-0.2, 0) is 4.79 Å². The maximum atomic E-state index is 11.5. The number of hydrogen-bond donors (Lipinski definition) is 2. The van der Waals surface area contributed by atoms with Crippen molar-refractivity contribution in [3.05, 3.63) is 24.3 Å². The van der Waals surface area contributed by atoms with Crippen molar-refractivity contribution < 1.29 is 4.79 Å². The Morgan fingerprint density at radius 1 is 1.30 bits per heavy atom. The summed E-state index contributed by atoms with van der Waals surface area (Å²) in [5, 5.41) is 6.22. The number of carbonyl (C=O) groups excluding carboxylic acids is 1. The molecule has 20 heavy (non-hydrogen) atoms. The number of benzene rings is 1. The van der Waals surface area contributed by atoms with Crippen LogP contribution >= 0.6 is 12.2 Å². The predicted molar refractivity (Wildman–Crippen MR) is 87.2 cm³/mol. The Bertz CT molecular complexity index is 484. The lowest BCUT2D eigenvalue weighted by atomic mass is 10.2. The summed E-state index contributed by atoms with van der Waals surface area (Å²) in [6.45, 7) is 4.13. The summed E-state index contributed by atoms with van der Waals surface area (Å²) in [6, 6.07) is 8.08. The average molecular weight is 291 g/mol. The quantitative estimate of drug-likeness (QED) is 0.837. The van der Waals surface area contributed by atoms with Gasteiger partial charge in [-0.15, -0.1) is 0 Å². The minimum absolute atomic E-state index is 0.0383. The minimum Gasteiger partial charge on any atom is -0.370 e. The van der Waals surface area contributed by atoms with Gasteiger partial charge in [-0.1, -0.05) is 19.1 Å². The minimum atomic E-state index is -0.0383. The van der Waals surface area contributed by atoms with Gasteiger partial charge >= 0.3 is 0 Å². The van der Waals surface area contributed by atoms with Crippen LogP contribution < -0.4 is 15.5 Å². The summed E-state index contributed by atoms with van der Waals surface area (Å²) in [6.07, 6.45) is 3.77. The lowest BCUT2D eigenvalue weighted by Crippen LogP contribution is -2.34. The highest BCUT2D eigenvalue weighted by molar-refractivity contribution is 7.80. The van der Waals surface area contributed by atoms with E-state index in [-0.39, 0.29) is 5.91 Å².